The van der Waals surface area contributed by atoms with E-state index in [-0.39, 0.29) is 0 Å². The first-order chi connectivity index (χ1) is 7.83. The molecule has 0 bridgehead atoms. The van der Waals surface area contributed by atoms with Gasteiger partial charge in [0.25, 0.3) is 0 Å². The molecule has 0 heterocycles. The summed E-state index contributed by atoms with van der Waals surface area (Å²) in [5.74, 6) is 0. The van der Waals surface area contributed by atoms with Gasteiger partial charge in [-0.3, -0.25) is 0 Å². The molecule has 0 aromatic heterocycles. The summed E-state index contributed by atoms with van der Waals surface area (Å²) in [5, 5.41) is 3.33. The molecule has 0 saturated carbocycles. The Morgan fingerprint density at radius 1 is 1.31 bits per heavy atom. The van der Waals surface area contributed by atoms with Crippen molar-refractivity contribution in [1.29, 1.82) is 0 Å². The van der Waals surface area contributed by atoms with Crippen molar-refractivity contribution in [3.8, 4) is 0 Å². The summed E-state index contributed by atoms with van der Waals surface area (Å²) >= 11 is 0. The molecule has 1 atom stereocenters. The number of ether oxygens (including phenoxy) is 1. The van der Waals surface area contributed by atoms with Crippen LogP contribution in [0.2, 0.25) is 0 Å². The Morgan fingerprint density at radius 2 is 2.06 bits per heavy atom. The van der Waals surface area contributed by atoms with Crippen molar-refractivity contribution in [2.45, 2.75) is 13.0 Å². The maximum Gasteiger partial charge on any atom is 0.366 e. The summed E-state index contributed by atoms with van der Waals surface area (Å²) in [7, 11) is 0.420. The fraction of sp³-hybridized carbons (Fsp3) is 0.500. The topological polar surface area (TPSA) is 38.3 Å². The van der Waals surface area contributed by atoms with Crippen molar-refractivity contribution < 1.29 is 9.30 Å². The Labute approximate surface area is 98.0 Å². The Hall–Kier alpha value is -0.760. The molecule has 0 saturated heterocycles. The molecule has 1 rings (SSSR count). The molecular formula is C12H19NO2P+. The Morgan fingerprint density at radius 3 is 2.75 bits per heavy atom. The predicted molar refractivity (Wildman–Crippen MR) is 67.1 cm³/mol. The second kappa shape index (κ2) is 8.40. The largest absolute Gasteiger partial charge is 0.366 e. The van der Waals surface area contributed by atoms with Crippen LogP contribution in [-0.4, -0.2) is 26.2 Å². The van der Waals surface area contributed by atoms with Crippen LogP contribution in [0.15, 0.2) is 30.3 Å². The van der Waals surface area contributed by atoms with E-state index in [2.05, 4.69) is 17.4 Å². The molecule has 0 fully saturated rings. The van der Waals surface area contributed by atoms with Gasteiger partial charge in [-0.25, -0.2) is 0 Å². The Bertz CT molecular complexity index is 303. The molecule has 0 aliphatic carbocycles. The second-order valence-electron chi connectivity index (χ2n) is 3.64. The third-order valence-electron chi connectivity index (χ3n) is 2.21. The van der Waals surface area contributed by atoms with Gasteiger partial charge in [0.1, 0.15) is 6.16 Å². The highest BCUT2D eigenvalue weighted by Crippen LogP contribution is 2.20. The SMILES string of the molecule is COC[P+](=O)CCCNCc1ccccc1. The van der Waals surface area contributed by atoms with E-state index >= 15 is 0 Å². The fourth-order valence-corrected chi connectivity index (χ4v) is 2.35. The quantitative estimate of drug-likeness (QED) is 0.560. The molecule has 88 valence electrons. The van der Waals surface area contributed by atoms with E-state index in [0.717, 1.165) is 25.7 Å². The third kappa shape index (κ3) is 5.96. The van der Waals surface area contributed by atoms with Crippen molar-refractivity contribution in [3.05, 3.63) is 35.9 Å². The Balaban J connectivity index is 2.02. The van der Waals surface area contributed by atoms with E-state index in [0.29, 0.717) is 6.35 Å². The third-order valence-corrected chi connectivity index (χ3v) is 3.57. The van der Waals surface area contributed by atoms with Gasteiger partial charge in [0, 0.05) is 20.1 Å². The van der Waals surface area contributed by atoms with Gasteiger partial charge < -0.3 is 10.1 Å². The average Bonchev–Trinajstić information content (AvgIpc) is 2.30. The van der Waals surface area contributed by atoms with Crippen LogP contribution in [0.4, 0.5) is 0 Å². The minimum absolute atomic E-state index is 0.383. The average molecular weight is 240 g/mol. The smallest absolute Gasteiger partial charge is 0.341 e. The lowest BCUT2D eigenvalue weighted by Crippen LogP contribution is -2.15. The first kappa shape index (κ1) is 13.3. The molecule has 4 heteroatoms. The maximum absolute atomic E-state index is 11.3. The predicted octanol–water partition coefficient (Wildman–Crippen LogP) is 2.60. The van der Waals surface area contributed by atoms with E-state index in [9.17, 15) is 4.57 Å². The summed E-state index contributed by atoms with van der Waals surface area (Å²) in [6.45, 7) is 1.78. The van der Waals surface area contributed by atoms with Crippen LogP contribution in [0, 0.1) is 0 Å². The Kier molecular flexibility index (Phi) is 6.98. The van der Waals surface area contributed by atoms with Gasteiger partial charge in [0.15, 0.2) is 0 Å². The summed E-state index contributed by atoms with van der Waals surface area (Å²) in [6.07, 6.45) is 2.06. The summed E-state index contributed by atoms with van der Waals surface area (Å²) in [6, 6.07) is 10.3. The minimum atomic E-state index is -1.16. The maximum atomic E-state index is 11.3. The lowest BCUT2D eigenvalue weighted by molar-refractivity contribution is 0.251. The highest BCUT2D eigenvalue weighted by Gasteiger charge is 2.12. The number of nitrogens with one attached hydrogen (secondary N) is 1. The van der Waals surface area contributed by atoms with E-state index in [4.69, 9.17) is 4.74 Å². The van der Waals surface area contributed by atoms with Gasteiger partial charge in [-0.1, -0.05) is 34.9 Å². The molecule has 1 unspecified atom stereocenters. The van der Waals surface area contributed by atoms with Gasteiger partial charge in [0.05, 0.1) is 0 Å². The van der Waals surface area contributed by atoms with Gasteiger partial charge >= 0.3 is 7.80 Å². The lowest BCUT2D eigenvalue weighted by atomic mass is 10.2. The molecule has 3 nitrogen and oxygen atoms in total. The van der Waals surface area contributed by atoms with Crippen molar-refractivity contribution in [2.75, 3.05) is 26.2 Å². The lowest BCUT2D eigenvalue weighted by Gasteiger charge is -2.02. The molecular weight excluding hydrogens is 221 g/mol. The zero-order chi connectivity index (χ0) is 11.6. The monoisotopic (exact) mass is 240 g/mol. The molecule has 0 radical (unpaired) electrons. The molecule has 1 N–H and O–H groups in total. The highest BCUT2D eigenvalue weighted by atomic mass is 31.1. The van der Waals surface area contributed by atoms with E-state index in [1.165, 1.54) is 5.56 Å². The zero-order valence-corrected chi connectivity index (χ0v) is 10.6. The number of hydrogen-bond acceptors (Lipinski definition) is 3. The number of hydrogen-bond donors (Lipinski definition) is 1. The van der Waals surface area contributed by atoms with Crippen LogP contribution in [0.3, 0.4) is 0 Å². The molecule has 0 amide bonds. The molecule has 0 spiro atoms. The standard InChI is InChI=1S/C12H19NO2P/c1-15-11-16(14)9-5-8-13-10-12-6-3-2-4-7-12/h2-4,6-7,13H,5,8-11H2,1H3/q+1. The van der Waals surface area contributed by atoms with Crippen LogP contribution in [0.5, 0.6) is 0 Å². The van der Waals surface area contributed by atoms with Crippen LogP contribution in [-0.2, 0) is 15.8 Å². The van der Waals surface area contributed by atoms with Gasteiger partial charge in [-0.2, -0.15) is 0 Å². The van der Waals surface area contributed by atoms with Crippen molar-refractivity contribution >= 4 is 7.80 Å². The van der Waals surface area contributed by atoms with Crippen LogP contribution in [0.25, 0.3) is 0 Å². The molecule has 1 aromatic rings. The zero-order valence-electron chi connectivity index (χ0n) is 9.69. The summed E-state index contributed by atoms with van der Waals surface area (Å²) < 4.78 is 16.1. The van der Waals surface area contributed by atoms with Gasteiger partial charge in [-0.15, -0.1) is 0 Å². The second-order valence-corrected chi connectivity index (χ2v) is 5.31. The fourth-order valence-electron chi connectivity index (χ4n) is 1.42. The van der Waals surface area contributed by atoms with E-state index in [1.807, 2.05) is 18.2 Å². The molecule has 0 aliphatic rings. The first-order valence-corrected chi connectivity index (χ1v) is 7.11. The van der Waals surface area contributed by atoms with Crippen LogP contribution >= 0.6 is 7.80 Å². The summed E-state index contributed by atoms with van der Waals surface area (Å²) in [5.41, 5.74) is 1.28. The van der Waals surface area contributed by atoms with Crippen molar-refractivity contribution in [3.63, 3.8) is 0 Å². The molecule has 0 aliphatic heterocycles. The normalized spacial score (nSPS) is 11.4. The van der Waals surface area contributed by atoms with E-state index in [1.54, 1.807) is 7.11 Å². The van der Waals surface area contributed by atoms with E-state index < -0.39 is 7.80 Å². The van der Waals surface area contributed by atoms with Crippen LogP contribution in [0.1, 0.15) is 12.0 Å². The van der Waals surface area contributed by atoms with Crippen LogP contribution < -0.4 is 5.32 Å². The number of methoxy groups -OCH3 is 1. The number of rotatable bonds is 8. The van der Waals surface area contributed by atoms with Crippen molar-refractivity contribution in [2.24, 2.45) is 0 Å². The first-order valence-electron chi connectivity index (χ1n) is 5.48. The number of benzene rings is 1. The molecule has 16 heavy (non-hydrogen) atoms. The van der Waals surface area contributed by atoms with Gasteiger partial charge in [0.2, 0.25) is 6.35 Å². The minimum Gasteiger partial charge on any atom is -0.341 e. The van der Waals surface area contributed by atoms with Crippen molar-refractivity contribution in [1.82, 2.24) is 5.32 Å². The highest BCUT2D eigenvalue weighted by molar-refractivity contribution is 7.44. The summed E-state index contributed by atoms with van der Waals surface area (Å²) in [4.78, 5) is 0. The van der Waals surface area contributed by atoms with Gasteiger partial charge in [-0.05, 0) is 12.1 Å². The molecule has 1 aromatic carbocycles.